The Morgan fingerprint density at radius 3 is 2.32 bits per heavy atom. The number of benzene rings is 1. The minimum atomic E-state index is -5.59. The van der Waals surface area contributed by atoms with Gasteiger partial charge in [-0.1, -0.05) is 29.4 Å². The molecule has 1 atom stereocenters. The quantitative estimate of drug-likeness (QED) is 0.108. The molecule has 0 aliphatic heterocycles. The average Bonchev–Trinajstić information content (AvgIpc) is 2.64. The van der Waals surface area contributed by atoms with Crippen molar-refractivity contribution in [3.63, 3.8) is 0 Å². The molecule has 0 N–H and O–H groups in total. The SMILES string of the molecule is COC(=O)CCCCc1ccc(C(CCCC(F)(F)C(F)(F)F)N=[N+]=[N-])cc1. The molecule has 156 valence electrons. The van der Waals surface area contributed by atoms with E-state index < -0.39 is 31.0 Å². The van der Waals surface area contributed by atoms with Gasteiger partial charge in [-0.05, 0) is 48.8 Å². The summed E-state index contributed by atoms with van der Waals surface area (Å²) >= 11 is 0. The topological polar surface area (TPSA) is 75.1 Å². The molecule has 0 fully saturated rings. The Labute approximate surface area is 159 Å². The molecule has 1 aromatic rings. The van der Waals surface area contributed by atoms with E-state index in [4.69, 9.17) is 5.53 Å². The third-order valence-corrected chi connectivity index (χ3v) is 4.26. The summed E-state index contributed by atoms with van der Waals surface area (Å²) < 4.78 is 67.1. The van der Waals surface area contributed by atoms with Crippen LogP contribution in [-0.2, 0) is 16.0 Å². The van der Waals surface area contributed by atoms with Gasteiger partial charge in [-0.15, -0.1) is 0 Å². The summed E-state index contributed by atoms with van der Waals surface area (Å²) in [7, 11) is 1.32. The lowest BCUT2D eigenvalue weighted by atomic mass is 9.98. The van der Waals surface area contributed by atoms with Gasteiger partial charge in [0.15, 0.2) is 0 Å². The number of hydrogen-bond acceptors (Lipinski definition) is 3. The standard InChI is InChI=1S/C18H22F5N3O2/c1-28-16(27)7-3-2-5-13-8-10-14(11-9-13)15(25-26-24)6-4-12-17(19,20)18(21,22)23/h8-11,15H,2-7,12H2,1H3. The third-order valence-electron chi connectivity index (χ3n) is 4.26. The van der Waals surface area contributed by atoms with E-state index in [0.717, 1.165) is 12.0 Å². The van der Waals surface area contributed by atoms with Crippen molar-refractivity contribution in [2.24, 2.45) is 5.11 Å². The van der Waals surface area contributed by atoms with E-state index in [1.54, 1.807) is 24.3 Å². The van der Waals surface area contributed by atoms with E-state index in [2.05, 4.69) is 14.8 Å². The van der Waals surface area contributed by atoms with Crippen LogP contribution in [0.1, 0.15) is 55.7 Å². The van der Waals surface area contributed by atoms with Crippen molar-refractivity contribution in [3.8, 4) is 0 Å². The van der Waals surface area contributed by atoms with Gasteiger partial charge in [-0.2, -0.15) is 22.0 Å². The lowest BCUT2D eigenvalue weighted by molar-refractivity contribution is -0.284. The van der Waals surface area contributed by atoms with Crippen molar-refractivity contribution in [2.45, 2.75) is 63.1 Å². The van der Waals surface area contributed by atoms with Gasteiger partial charge in [-0.3, -0.25) is 4.79 Å². The molecule has 1 rings (SSSR count). The zero-order chi connectivity index (χ0) is 21.2. The van der Waals surface area contributed by atoms with E-state index in [0.29, 0.717) is 24.8 Å². The van der Waals surface area contributed by atoms with Gasteiger partial charge in [0, 0.05) is 17.8 Å². The molecular weight excluding hydrogens is 385 g/mol. The van der Waals surface area contributed by atoms with Crippen LogP contribution in [0, 0.1) is 0 Å². The van der Waals surface area contributed by atoms with Gasteiger partial charge in [-0.25, -0.2) is 0 Å². The van der Waals surface area contributed by atoms with Gasteiger partial charge in [0.05, 0.1) is 13.2 Å². The number of unbranched alkanes of at least 4 members (excludes halogenated alkanes) is 1. The van der Waals surface area contributed by atoms with Crippen LogP contribution in [0.25, 0.3) is 10.4 Å². The van der Waals surface area contributed by atoms with E-state index >= 15 is 0 Å². The molecule has 0 amide bonds. The molecule has 1 aromatic carbocycles. The fourth-order valence-corrected chi connectivity index (χ4v) is 2.62. The molecule has 28 heavy (non-hydrogen) atoms. The third kappa shape index (κ3) is 7.72. The molecule has 10 heteroatoms. The second-order valence-electron chi connectivity index (χ2n) is 6.34. The Morgan fingerprint density at radius 1 is 1.14 bits per heavy atom. The lowest BCUT2D eigenvalue weighted by Crippen LogP contribution is -2.36. The number of rotatable bonds is 11. The predicted octanol–water partition coefficient (Wildman–Crippen LogP) is 6.29. The number of alkyl halides is 5. The molecule has 1 unspecified atom stereocenters. The lowest BCUT2D eigenvalue weighted by Gasteiger charge is -2.20. The first kappa shape index (κ1) is 23.7. The smallest absolute Gasteiger partial charge is 0.453 e. The Hall–Kier alpha value is -2.35. The summed E-state index contributed by atoms with van der Waals surface area (Å²) in [6.45, 7) is 0. The number of halogens is 5. The second-order valence-corrected chi connectivity index (χ2v) is 6.34. The number of ether oxygens (including phenoxy) is 1. The number of nitrogens with zero attached hydrogens (tertiary/aromatic N) is 3. The van der Waals surface area contributed by atoms with Crippen molar-refractivity contribution in [3.05, 3.63) is 45.8 Å². The van der Waals surface area contributed by atoms with E-state index in [1.165, 1.54) is 7.11 Å². The van der Waals surface area contributed by atoms with Crippen LogP contribution >= 0.6 is 0 Å². The van der Waals surface area contributed by atoms with Crippen molar-refractivity contribution in [2.75, 3.05) is 7.11 Å². The Morgan fingerprint density at radius 2 is 1.79 bits per heavy atom. The van der Waals surface area contributed by atoms with Gasteiger partial charge < -0.3 is 4.74 Å². The first-order valence-corrected chi connectivity index (χ1v) is 8.75. The van der Waals surface area contributed by atoms with Crippen molar-refractivity contribution in [1.29, 1.82) is 0 Å². The molecule has 0 saturated carbocycles. The van der Waals surface area contributed by atoms with E-state index in [-0.39, 0.29) is 12.4 Å². The van der Waals surface area contributed by atoms with Crippen molar-refractivity contribution >= 4 is 5.97 Å². The average molecular weight is 407 g/mol. The maximum Gasteiger partial charge on any atom is 0.453 e. The van der Waals surface area contributed by atoms with Crippen LogP contribution in [0.15, 0.2) is 29.4 Å². The van der Waals surface area contributed by atoms with E-state index in [9.17, 15) is 26.7 Å². The molecule has 0 radical (unpaired) electrons. The van der Waals surface area contributed by atoms with Gasteiger partial charge >= 0.3 is 18.1 Å². The Kier molecular flexibility index (Phi) is 9.18. The van der Waals surface area contributed by atoms with Crippen LogP contribution in [0.2, 0.25) is 0 Å². The van der Waals surface area contributed by atoms with Crippen LogP contribution < -0.4 is 0 Å². The maximum absolute atomic E-state index is 13.0. The van der Waals surface area contributed by atoms with Crippen LogP contribution in [0.4, 0.5) is 22.0 Å². The summed E-state index contributed by atoms with van der Waals surface area (Å²) in [4.78, 5) is 13.7. The summed E-state index contributed by atoms with van der Waals surface area (Å²) in [5.41, 5.74) is 10.2. The minimum absolute atomic E-state index is 0.117. The Balaban J connectivity index is 2.59. The highest BCUT2D eigenvalue weighted by Gasteiger charge is 2.56. The van der Waals surface area contributed by atoms with Crippen LogP contribution in [0.5, 0.6) is 0 Å². The fourth-order valence-electron chi connectivity index (χ4n) is 2.62. The van der Waals surface area contributed by atoms with Crippen molar-refractivity contribution in [1.82, 2.24) is 0 Å². The number of aryl methyl sites for hydroxylation is 1. The summed E-state index contributed by atoms with van der Waals surface area (Å²) in [6, 6.07) is 6.06. The first-order valence-electron chi connectivity index (χ1n) is 8.75. The molecule has 0 heterocycles. The van der Waals surface area contributed by atoms with E-state index in [1.807, 2.05) is 0 Å². The highest BCUT2D eigenvalue weighted by molar-refractivity contribution is 5.68. The van der Waals surface area contributed by atoms with Crippen molar-refractivity contribution < 1.29 is 31.5 Å². The predicted molar refractivity (Wildman–Crippen MR) is 92.8 cm³/mol. The highest BCUT2D eigenvalue weighted by Crippen LogP contribution is 2.40. The van der Waals surface area contributed by atoms with Gasteiger partial charge in [0.1, 0.15) is 0 Å². The molecule has 0 aliphatic rings. The highest BCUT2D eigenvalue weighted by atomic mass is 19.4. The number of hydrogen-bond donors (Lipinski definition) is 0. The zero-order valence-corrected chi connectivity index (χ0v) is 15.4. The molecule has 0 saturated heterocycles. The number of carbonyl (C=O) groups excluding carboxylic acids is 1. The molecule has 0 aliphatic carbocycles. The summed E-state index contributed by atoms with van der Waals surface area (Å²) in [5, 5.41) is 3.51. The maximum atomic E-state index is 13.0. The molecule has 0 bridgehead atoms. The monoisotopic (exact) mass is 407 g/mol. The fraction of sp³-hybridized carbons (Fsp3) is 0.611. The normalized spacial score (nSPS) is 12.9. The van der Waals surface area contributed by atoms with Gasteiger partial charge in [0.2, 0.25) is 0 Å². The number of azide groups is 1. The van der Waals surface area contributed by atoms with Crippen LogP contribution in [0.3, 0.4) is 0 Å². The molecular formula is C18H22F5N3O2. The first-order chi connectivity index (χ1) is 13.1. The molecule has 5 nitrogen and oxygen atoms in total. The minimum Gasteiger partial charge on any atom is -0.469 e. The number of carbonyl (C=O) groups is 1. The van der Waals surface area contributed by atoms with Crippen LogP contribution in [-0.4, -0.2) is 25.2 Å². The Bertz CT molecular complexity index is 671. The molecule has 0 spiro atoms. The zero-order valence-electron chi connectivity index (χ0n) is 15.4. The second kappa shape index (κ2) is 10.8. The largest absolute Gasteiger partial charge is 0.469 e. The summed E-state index contributed by atoms with van der Waals surface area (Å²) in [6.07, 6.45) is -5.02. The summed E-state index contributed by atoms with van der Waals surface area (Å²) in [5.74, 6) is -5.04. The molecule has 0 aromatic heterocycles. The number of esters is 1. The van der Waals surface area contributed by atoms with Gasteiger partial charge in [0.25, 0.3) is 0 Å². The number of methoxy groups -OCH3 is 1.